The van der Waals surface area contributed by atoms with Crippen LogP contribution < -0.4 is 0 Å². The Morgan fingerprint density at radius 3 is 1.18 bits per heavy atom. The molecule has 4 heterocycles. The number of aliphatic hydroxyl groups excluding tert-OH is 1. The maximum atomic E-state index is 15.0. The lowest BCUT2D eigenvalue weighted by Gasteiger charge is -2.51. The van der Waals surface area contributed by atoms with Gasteiger partial charge in [-0.15, -0.1) is 6.58 Å². The number of rotatable bonds is 23. The number of benzene rings is 7. The normalized spacial score (nSPS) is 27.0. The third-order valence-electron chi connectivity index (χ3n) is 15.6. The van der Waals surface area contributed by atoms with E-state index >= 15 is 4.79 Å². The zero-order valence-corrected chi connectivity index (χ0v) is 51.0. The third-order valence-corrected chi connectivity index (χ3v) is 15.6. The Morgan fingerprint density at radius 1 is 0.421 bits per heavy atom. The molecule has 1 N–H and O–H groups in total. The first-order chi connectivity index (χ1) is 46.3. The lowest BCUT2D eigenvalue weighted by Crippen LogP contribution is -2.69. The summed E-state index contributed by atoms with van der Waals surface area (Å²) in [5.41, 5.74) is 0.741. The van der Waals surface area contributed by atoms with E-state index in [0.29, 0.717) is 5.56 Å². The second-order valence-electron chi connectivity index (χ2n) is 22.1. The van der Waals surface area contributed by atoms with Crippen LogP contribution in [0.5, 0.6) is 0 Å². The predicted molar refractivity (Wildman–Crippen MR) is 329 cm³/mol. The number of hydrogen-bond donors (Lipinski definition) is 1. The van der Waals surface area contributed by atoms with Gasteiger partial charge in [-0.1, -0.05) is 146 Å². The average Bonchev–Trinajstić information content (AvgIpc) is 0.791. The first-order valence-corrected chi connectivity index (χ1v) is 30.5. The molecule has 492 valence electrons. The van der Waals surface area contributed by atoms with Crippen molar-refractivity contribution in [3.05, 3.63) is 264 Å². The smallest absolute Gasteiger partial charge is 0.338 e. The highest BCUT2D eigenvalue weighted by Crippen LogP contribution is 2.41. The van der Waals surface area contributed by atoms with Gasteiger partial charge < -0.3 is 76.2 Å². The summed E-state index contributed by atoms with van der Waals surface area (Å²) in [7, 11) is 0. The third kappa shape index (κ3) is 16.6. The minimum Gasteiger partial charge on any atom is -0.459 e. The Hall–Kier alpha value is -9.79. The van der Waals surface area contributed by atoms with E-state index in [0.717, 1.165) is 6.92 Å². The lowest BCUT2D eigenvalue weighted by molar-refractivity contribution is -0.404. The van der Waals surface area contributed by atoms with Gasteiger partial charge in [0.25, 0.3) is 0 Å². The van der Waals surface area contributed by atoms with Crippen molar-refractivity contribution in [2.24, 2.45) is 0 Å². The Balaban J connectivity index is 1.08. The quantitative estimate of drug-likeness (QED) is 0.0359. The molecule has 0 bridgehead atoms. The van der Waals surface area contributed by atoms with Crippen molar-refractivity contribution in [1.29, 1.82) is 0 Å². The fourth-order valence-corrected chi connectivity index (χ4v) is 11.1. The molecule has 7 aromatic carbocycles. The zero-order valence-electron chi connectivity index (χ0n) is 51.0. The molecular formula is C72H66O23. The molecule has 95 heavy (non-hydrogen) atoms. The SMILES string of the molecule is C=CCO[C@H]1O[C@@H]2CO[C@@H](c3ccccc3)O[C@H]2[C@H](O[C@H]2O[C@H](COC(=O)c3ccccc3)[C@@H](OC(=O)c3ccccc3)[C@H](OC(=O)c3ccccc3)[C@@H]2O[C@H]2O[C@H](COC(=O)c3ccccc3)[C@@H](OC(=O)c3ccccc3)[C@H](OC(=O)c3ccccc3)[C@@H]2OC(C)=O)[C@@H]1O. The lowest BCUT2D eigenvalue weighted by atomic mass is 9.94. The first kappa shape index (κ1) is 66.7. The van der Waals surface area contributed by atoms with Gasteiger partial charge in [-0.3, -0.25) is 4.79 Å². The average molecular weight is 1300 g/mol. The number of esters is 7. The molecule has 7 aromatic rings. The topological polar surface area (TPSA) is 278 Å². The largest absolute Gasteiger partial charge is 0.459 e. The monoisotopic (exact) mass is 1300 g/mol. The molecule has 0 saturated carbocycles. The minimum atomic E-state index is -2.16. The van der Waals surface area contributed by atoms with Crippen LogP contribution in [0.4, 0.5) is 0 Å². The summed E-state index contributed by atoms with van der Waals surface area (Å²) in [5.74, 6) is -6.85. The number of carbonyl (C=O) groups is 7. The van der Waals surface area contributed by atoms with Gasteiger partial charge in [0.05, 0.1) is 46.6 Å². The Bertz CT molecular complexity index is 3700. The minimum absolute atomic E-state index is 0.000624. The van der Waals surface area contributed by atoms with Crippen LogP contribution in [-0.2, 0) is 75.8 Å². The fourth-order valence-electron chi connectivity index (χ4n) is 11.1. The van der Waals surface area contributed by atoms with Crippen LogP contribution in [-0.4, -0.2) is 165 Å². The molecule has 23 nitrogen and oxygen atoms in total. The molecule has 0 radical (unpaired) electrons. The van der Waals surface area contributed by atoms with Crippen LogP contribution in [0.2, 0.25) is 0 Å². The highest BCUT2D eigenvalue weighted by atomic mass is 16.8. The summed E-state index contributed by atoms with van der Waals surface area (Å²) < 4.78 is 96.4. The van der Waals surface area contributed by atoms with Crippen molar-refractivity contribution in [2.45, 2.75) is 105 Å². The van der Waals surface area contributed by atoms with E-state index in [4.69, 9.17) is 71.1 Å². The highest BCUT2D eigenvalue weighted by Gasteiger charge is 2.60. The molecule has 0 aliphatic carbocycles. The number of ether oxygens (including phenoxy) is 15. The predicted octanol–water partition coefficient (Wildman–Crippen LogP) is 8.16. The summed E-state index contributed by atoms with van der Waals surface area (Å²) in [4.78, 5) is 100. The molecule has 4 aliphatic heterocycles. The second-order valence-corrected chi connectivity index (χ2v) is 22.1. The van der Waals surface area contributed by atoms with Crippen molar-refractivity contribution < 1.29 is 110 Å². The molecule has 4 aliphatic rings. The molecule has 23 heteroatoms. The molecule has 0 unspecified atom stereocenters. The van der Waals surface area contributed by atoms with Crippen LogP contribution in [0.25, 0.3) is 0 Å². The van der Waals surface area contributed by atoms with Gasteiger partial charge in [-0.05, 0) is 72.8 Å². The summed E-state index contributed by atoms with van der Waals surface area (Å²) in [6.45, 7) is 2.92. The summed E-state index contributed by atoms with van der Waals surface area (Å²) >= 11 is 0. The Morgan fingerprint density at radius 2 is 0.779 bits per heavy atom. The number of fused-ring (bicyclic) bond motifs is 1. The number of hydrogen-bond acceptors (Lipinski definition) is 23. The van der Waals surface area contributed by atoms with E-state index in [2.05, 4.69) is 6.58 Å². The molecule has 0 amide bonds. The van der Waals surface area contributed by atoms with Crippen LogP contribution >= 0.6 is 0 Å². The van der Waals surface area contributed by atoms with E-state index in [9.17, 15) is 33.9 Å². The molecule has 16 atom stereocenters. The van der Waals surface area contributed by atoms with E-state index in [1.165, 1.54) is 78.9 Å². The number of aliphatic hydroxyl groups is 1. The summed E-state index contributed by atoms with van der Waals surface area (Å²) in [5, 5.41) is 12.6. The maximum absolute atomic E-state index is 15.0. The molecule has 11 rings (SSSR count). The number of carbonyl (C=O) groups excluding carboxylic acids is 7. The molecular weight excluding hydrogens is 1230 g/mol. The van der Waals surface area contributed by atoms with Crippen LogP contribution in [0.15, 0.2) is 225 Å². The second kappa shape index (κ2) is 31.9. The van der Waals surface area contributed by atoms with E-state index in [1.807, 2.05) is 0 Å². The van der Waals surface area contributed by atoms with Crippen LogP contribution in [0, 0.1) is 0 Å². The molecule has 0 spiro atoms. The van der Waals surface area contributed by atoms with Crippen molar-refractivity contribution >= 4 is 41.8 Å². The van der Waals surface area contributed by atoms with E-state index < -0.39 is 153 Å². The van der Waals surface area contributed by atoms with Crippen LogP contribution in [0.3, 0.4) is 0 Å². The summed E-state index contributed by atoms with van der Waals surface area (Å²) in [6, 6.07) is 55.3. The Kier molecular flexibility index (Phi) is 22.4. The van der Waals surface area contributed by atoms with Crippen molar-refractivity contribution in [2.75, 3.05) is 26.4 Å². The van der Waals surface area contributed by atoms with Gasteiger partial charge in [0.15, 0.2) is 61.8 Å². The van der Waals surface area contributed by atoms with Gasteiger partial charge in [-0.25, -0.2) is 28.8 Å². The maximum Gasteiger partial charge on any atom is 0.338 e. The molecule has 0 aromatic heterocycles. The van der Waals surface area contributed by atoms with E-state index in [-0.39, 0.29) is 46.6 Å². The van der Waals surface area contributed by atoms with Crippen molar-refractivity contribution in [3.8, 4) is 0 Å². The zero-order chi connectivity index (χ0) is 66.2. The van der Waals surface area contributed by atoms with E-state index in [1.54, 1.807) is 140 Å². The van der Waals surface area contributed by atoms with Gasteiger partial charge in [0, 0.05) is 12.5 Å². The summed E-state index contributed by atoms with van der Waals surface area (Å²) in [6.07, 6.45) is -26.4. The molecule has 4 fully saturated rings. The first-order valence-electron chi connectivity index (χ1n) is 30.5. The van der Waals surface area contributed by atoms with Gasteiger partial charge in [0.1, 0.15) is 49.8 Å². The van der Waals surface area contributed by atoms with Crippen molar-refractivity contribution in [3.63, 3.8) is 0 Å². The fraction of sp³-hybridized carbons (Fsp3) is 0.292. The van der Waals surface area contributed by atoms with Gasteiger partial charge in [0.2, 0.25) is 0 Å². The Labute approximate surface area is 545 Å². The van der Waals surface area contributed by atoms with Gasteiger partial charge >= 0.3 is 41.8 Å². The van der Waals surface area contributed by atoms with Gasteiger partial charge in [-0.2, -0.15) is 0 Å². The molecule has 4 saturated heterocycles. The van der Waals surface area contributed by atoms with Crippen molar-refractivity contribution in [1.82, 2.24) is 0 Å². The highest BCUT2D eigenvalue weighted by molar-refractivity contribution is 5.92. The standard InChI is InChI=1S/C72H66O23/c1-3-39-81-70-54(74)58(55-53(86-70)42-84-69(93-55)50-37-23-10-24-38-50)94-72-62(60(92-68(80)49-35-21-9-22-36-49)57(90-66(78)47-31-17-7-18-32-47)52(88-72)41-83-64(76)45-27-13-5-14-28-45)95-71-61(85-43(2)73)59(91-67(79)48-33-19-8-20-34-48)56(89-65(77)46-29-15-6-16-30-46)51(87-71)40-82-63(75)44-25-11-4-12-26-44/h3-38,51-62,69-72,74H,1,39-42H2,2H3/t51-,52-,53-,54+,55-,56-,57-,58-,59+,60+,61+,62+,69-,70+,71-,72-/m1/s1. The van der Waals surface area contributed by atoms with Crippen LogP contribution in [0.1, 0.15) is 80.9 Å².